The summed E-state index contributed by atoms with van der Waals surface area (Å²) >= 11 is 0. The second-order valence-electron chi connectivity index (χ2n) is 3.81. The molecule has 2 aromatic rings. The lowest BCUT2D eigenvalue weighted by atomic mass is 10.1. The van der Waals surface area contributed by atoms with Gasteiger partial charge in [0.05, 0.1) is 24.5 Å². The molecular weight excluding hydrogens is 226 g/mol. The Hall–Kier alpha value is -2.15. The maximum atomic E-state index is 11.7. The maximum Gasteiger partial charge on any atom is 0.356 e. The van der Waals surface area contributed by atoms with E-state index in [0.717, 1.165) is 5.69 Å². The van der Waals surface area contributed by atoms with Crippen molar-refractivity contribution < 1.29 is 14.6 Å². The number of aromatic amines is 1. The molecule has 3 rings (SSSR count). The van der Waals surface area contributed by atoms with Crippen molar-refractivity contribution in [1.82, 2.24) is 14.6 Å². The maximum absolute atomic E-state index is 11.7. The quantitative estimate of drug-likeness (QED) is 0.713. The number of aromatic carboxylic acids is 1. The second kappa shape index (κ2) is 3.42. The van der Waals surface area contributed by atoms with E-state index in [1.165, 1.54) is 10.6 Å². The van der Waals surface area contributed by atoms with Crippen molar-refractivity contribution in [1.29, 1.82) is 0 Å². The molecule has 1 aliphatic rings. The van der Waals surface area contributed by atoms with Gasteiger partial charge in [0, 0.05) is 12.5 Å². The Labute approximate surface area is 94.6 Å². The Kier molecular flexibility index (Phi) is 2.02. The lowest BCUT2D eigenvalue weighted by Gasteiger charge is -2.15. The summed E-state index contributed by atoms with van der Waals surface area (Å²) in [5, 5.41) is 12.8. The Morgan fingerprint density at radius 3 is 3.18 bits per heavy atom. The first-order valence-electron chi connectivity index (χ1n) is 5.11. The van der Waals surface area contributed by atoms with Crippen LogP contribution >= 0.6 is 0 Å². The third-order valence-electron chi connectivity index (χ3n) is 2.78. The van der Waals surface area contributed by atoms with Gasteiger partial charge < -0.3 is 14.8 Å². The van der Waals surface area contributed by atoms with Gasteiger partial charge in [-0.15, -0.1) is 0 Å². The molecule has 0 aliphatic carbocycles. The molecule has 0 aromatic carbocycles. The fraction of sp³-hybridized carbons (Fsp3) is 0.300. The van der Waals surface area contributed by atoms with E-state index >= 15 is 0 Å². The van der Waals surface area contributed by atoms with Crippen molar-refractivity contribution in [3.8, 4) is 0 Å². The molecule has 0 unspecified atom stereocenters. The molecule has 3 heterocycles. The van der Waals surface area contributed by atoms with Crippen molar-refractivity contribution in [2.24, 2.45) is 0 Å². The van der Waals surface area contributed by atoms with Crippen LogP contribution in [0.4, 0.5) is 0 Å². The molecule has 7 heteroatoms. The van der Waals surface area contributed by atoms with Crippen molar-refractivity contribution in [3.05, 3.63) is 33.4 Å². The third-order valence-corrected chi connectivity index (χ3v) is 2.78. The van der Waals surface area contributed by atoms with Gasteiger partial charge in [-0.3, -0.25) is 4.79 Å². The molecule has 1 aliphatic heterocycles. The standard InChI is InChI=1S/C10H9N3O4/c14-9-5-4-17-2-1-7(5)13-8(11-9)3-6(12-13)10(15)16/h3H,1-2,4H2,(H,11,14)(H,15,16). The van der Waals surface area contributed by atoms with Crippen molar-refractivity contribution in [2.75, 3.05) is 6.61 Å². The van der Waals surface area contributed by atoms with Crippen LogP contribution in [0.5, 0.6) is 0 Å². The summed E-state index contributed by atoms with van der Waals surface area (Å²) in [6.45, 7) is 0.747. The molecule has 0 saturated heterocycles. The topological polar surface area (TPSA) is 96.7 Å². The molecule has 0 fully saturated rings. The number of ether oxygens (including phenoxy) is 1. The average molecular weight is 235 g/mol. The number of carboxylic acid groups (broad SMARTS) is 1. The Morgan fingerprint density at radius 1 is 1.59 bits per heavy atom. The van der Waals surface area contributed by atoms with Crippen LogP contribution in [0.1, 0.15) is 21.7 Å². The molecule has 0 atom stereocenters. The fourth-order valence-electron chi connectivity index (χ4n) is 1.98. The SMILES string of the molecule is O=C(O)c1cc2[nH]c(=O)c3c(n2n1)CCOC3. The third kappa shape index (κ3) is 1.43. The smallest absolute Gasteiger partial charge is 0.356 e. The zero-order valence-electron chi connectivity index (χ0n) is 8.77. The Balaban J connectivity index is 2.35. The average Bonchev–Trinajstić information content (AvgIpc) is 2.73. The van der Waals surface area contributed by atoms with Crippen LogP contribution in [0.25, 0.3) is 5.65 Å². The number of carbonyl (C=O) groups is 1. The van der Waals surface area contributed by atoms with Crippen LogP contribution < -0.4 is 5.56 Å². The summed E-state index contributed by atoms with van der Waals surface area (Å²) in [6.07, 6.45) is 0.552. The number of hydrogen-bond donors (Lipinski definition) is 2. The minimum absolute atomic E-state index is 0.0828. The molecule has 7 nitrogen and oxygen atoms in total. The van der Waals surface area contributed by atoms with E-state index in [1.54, 1.807) is 0 Å². The van der Waals surface area contributed by atoms with Crippen molar-refractivity contribution in [3.63, 3.8) is 0 Å². The van der Waals surface area contributed by atoms with Gasteiger partial charge in [0.2, 0.25) is 0 Å². The predicted molar refractivity (Wildman–Crippen MR) is 56.1 cm³/mol. The van der Waals surface area contributed by atoms with Gasteiger partial charge in [-0.25, -0.2) is 9.31 Å². The summed E-state index contributed by atoms with van der Waals surface area (Å²) in [7, 11) is 0. The highest BCUT2D eigenvalue weighted by Crippen LogP contribution is 2.14. The van der Waals surface area contributed by atoms with E-state index in [0.29, 0.717) is 24.2 Å². The largest absolute Gasteiger partial charge is 0.476 e. The van der Waals surface area contributed by atoms with E-state index < -0.39 is 5.97 Å². The highest BCUT2D eigenvalue weighted by molar-refractivity contribution is 5.86. The van der Waals surface area contributed by atoms with Gasteiger partial charge in [-0.1, -0.05) is 0 Å². The van der Waals surface area contributed by atoms with Crippen LogP contribution in [0.2, 0.25) is 0 Å². The summed E-state index contributed by atoms with van der Waals surface area (Å²) in [6, 6.07) is 1.35. The number of rotatable bonds is 1. The van der Waals surface area contributed by atoms with Gasteiger partial charge >= 0.3 is 5.97 Å². The van der Waals surface area contributed by atoms with Gasteiger partial charge in [0.15, 0.2) is 5.69 Å². The molecule has 2 aromatic heterocycles. The zero-order valence-corrected chi connectivity index (χ0v) is 8.77. The molecule has 0 amide bonds. The predicted octanol–water partition coefficient (Wildman–Crippen LogP) is -0.207. The van der Waals surface area contributed by atoms with Gasteiger partial charge in [-0.2, -0.15) is 5.10 Å². The summed E-state index contributed by atoms with van der Waals surface area (Å²) in [5.41, 5.74) is 1.31. The summed E-state index contributed by atoms with van der Waals surface area (Å²) in [4.78, 5) is 25.2. The first-order chi connectivity index (χ1) is 8.16. The molecule has 0 bridgehead atoms. The summed E-state index contributed by atoms with van der Waals surface area (Å²) in [5.74, 6) is -1.12. The van der Waals surface area contributed by atoms with Crippen molar-refractivity contribution >= 4 is 11.6 Å². The number of nitrogens with one attached hydrogen (secondary N) is 1. The second-order valence-corrected chi connectivity index (χ2v) is 3.81. The van der Waals surface area contributed by atoms with E-state index in [4.69, 9.17) is 9.84 Å². The Morgan fingerprint density at radius 2 is 2.41 bits per heavy atom. The molecule has 2 N–H and O–H groups in total. The van der Waals surface area contributed by atoms with Gasteiger partial charge in [-0.05, 0) is 0 Å². The van der Waals surface area contributed by atoms with Gasteiger partial charge in [0.25, 0.3) is 5.56 Å². The number of carboxylic acids is 1. The molecular formula is C10H9N3O4. The first kappa shape index (κ1) is 10.0. The molecule has 0 radical (unpaired) electrons. The van der Waals surface area contributed by atoms with Crippen LogP contribution in [-0.4, -0.2) is 32.3 Å². The number of aromatic nitrogens is 3. The van der Waals surface area contributed by atoms with E-state index in [2.05, 4.69) is 10.1 Å². The van der Waals surface area contributed by atoms with Crippen LogP contribution in [0, 0.1) is 0 Å². The van der Waals surface area contributed by atoms with E-state index in [1.807, 2.05) is 0 Å². The number of H-pyrrole nitrogens is 1. The molecule has 0 saturated carbocycles. The minimum atomic E-state index is -1.12. The van der Waals surface area contributed by atoms with Crippen LogP contribution in [0.15, 0.2) is 10.9 Å². The molecule has 0 spiro atoms. The monoisotopic (exact) mass is 235 g/mol. The highest BCUT2D eigenvalue weighted by Gasteiger charge is 2.19. The zero-order chi connectivity index (χ0) is 12.0. The number of fused-ring (bicyclic) bond motifs is 3. The molecule has 88 valence electrons. The first-order valence-corrected chi connectivity index (χ1v) is 5.11. The Bertz CT molecular complexity index is 670. The lowest BCUT2D eigenvalue weighted by molar-refractivity contribution is 0.0690. The summed E-state index contributed by atoms with van der Waals surface area (Å²) < 4.78 is 6.68. The molecule has 17 heavy (non-hydrogen) atoms. The number of hydrogen-bond acceptors (Lipinski definition) is 4. The fourth-order valence-corrected chi connectivity index (χ4v) is 1.98. The van der Waals surface area contributed by atoms with Crippen LogP contribution in [0.3, 0.4) is 0 Å². The highest BCUT2D eigenvalue weighted by atomic mass is 16.5. The van der Waals surface area contributed by atoms with E-state index in [9.17, 15) is 9.59 Å². The van der Waals surface area contributed by atoms with Crippen molar-refractivity contribution in [2.45, 2.75) is 13.0 Å². The van der Waals surface area contributed by atoms with Gasteiger partial charge in [0.1, 0.15) is 5.65 Å². The normalized spacial score (nSPS) is 14.8. The lowest BCUT2D eigenvalue weighted by Crippen LogP contribution is -2.25. The van der Waals surface area contributed by atoms with Crippen LogP contribution in [-0.2, 0) is 17.8 Å². The number of nitrogens with zero attached hydrogens (tertiary/aromatic N) is 2. The minimum Gasteiger partial charge on any atom is -0.476 e. The van der Waals surface area contributed by atoms with E-state index in [-0.39, 0.29) is 17.9 Å².